The van der Waals surface area contributed by atoms with Gasteiger partial charge in [0, 0.05) is 0 Å². The van der Waals surface area contributed by atoms with E-state index < -0.39 is 76.5 Å². The van der Waals surface area contributed by atoms with Gasteiger partial charge < -0.3 is 0 Å². The maximum absolute atomic E-state index is 7.29. The molecule has 0 rings (SSSR count). The van der Waals surface area contributed by atoms with E-state index >= 15 is 0 Å². The number of hydrogen-bond acceptors (Lipinski definition) is 0. The van der Waals surface area contributed by atoms with Gasteiger partial charge in [-0.05, 0) is 0 Å². The van der Waals surface area contributed by atoms with Crippen LogP contribution in [0.4, 0.5) is 0 Å². The third-order valence-electron chi connectivity index (χ3n) is 4.42. The molecule has 0 aliphatic rings. The molecular formula is C15H33Cl4Sn4. The minimum absolute atomic E-state index is 0.456. The molecule has 0 aromatic heterocycles. The predicted molar refractivity (Wildman–Crippen MR) is 121 cm³/mol. The van der Waals surface area contributed by atoms with Crippen molar-refractivity contribution < 1.29 is 0 Å². The van der Waals surface area contributed by atoms with E-state index in [9.17, 15) is 0 Å². The van der Waals surface area contributed by atoms with Gasteiger partial charge in [-0.25, -0.2) is 0 Å². The second kappa shape index (κ2) is 14.4. The van der Waals surface area contributed by atoms with E-state index in [1.54, 1.807) is 0 Å². The van der Waals surface area contributed by atoms with Crippen molar-refractivity contribution in [2.45, 2.75) is 72.4 Å². The molecule has 0 aromatic carbocycles. The monoisotopic (exact) mass is 833 g/mol. The van der Waals surface area contributed by atoms with Crippen molar-refractivity contribution in [2.24, 2.45) is 0 Å². The molecule has 0 saturated carbocycles. The van der Waals surface area contributed by atoms with E-state index in [1.807, 2.05) is 0 Å². The molecule has 0 aromatic rings. The molecule has 0 N–H and O–H groups in total. The van der Waals surface area contributed by atoms with Crippen LogP contribution in [0.1, 0.15) is 19.3 Å². The summed E-state index contributed by atoms with van der Waals surface area (Å²) in [6.07, 6.45) is 3.49. The van der Waals surface area contributed by atoms with E-state index in [1.165, 1.54) is 13.3 Å². The van der Waals surface area contributed by atoms with Crippen LogP contribution in [0, 0.1) is 0 Å². The van der Waals surface area contributed by atoms with Crippen molar-refractivity contribution in [2.75, 3.05) is 0 Å². The van der Waals surface area contributed by atoms with Gasteiger partial charge in [0.05, 0.1) is 0 Å². The molecule has 0 aliphatic heterocycles. The fourth-order valence-corrected chi connectivity index (χ4v) is 28.8. The first kappa shape index (κ1) is 27.4. The summed E-state index contributed by atoms with van der Waals surface area (Å²) in [4.78, 5) is 14.4. The number of hydrogen-bond donors (Lipinski definition) is 0. The van der Waals surface area contributed by atoms with Gasteiger partial charge in [0.25, 0.3) is 0 Å². The summed E-state index contributed by atoms with van der Waals surface area (Å²) >= 11 is 13.3. The molecule has 0 fully saturated rings. The van der Waals surface area contributed by atoms with E-state index in [4.69, 9.17) is 43.7 Å². The molecule has 23 heavy (non-hydrogen) atoms. The Hall–Kier alpha value is 4.35. The topological polar surface area (TPSA) is 0 Å². The Morgan fingerprint density at radius 3 is 1.00 bits per heavy atom. The fourth-order valence-electron chi connectivity index (χ4n) is 2.40. The first-order valence-corrected chi connectivity index (χ1v) is 41.5. The van der Waals surface area contributed by atoms with Crippen molar-refractivity contribution in [3.8, 4) is 0 Å². The minimum atomic E-state index is -2.59. The maximum atomic E-state index is 7.29. The molecule has 3 radical (unpaired) electrons. The van der Waals surface area contributed by atoms with Gasteiger partial charge in [-0.15, -0.1) is 0 Å². The summed E-state index contributed by atoms with van der Waals surface area (Å²) in [6.45, 7) is 0. The molecule has 8 heteroatoms. The Morgan fingerprint density at radius 2 is 0.826 bits per heavy atom. The van der Waals surface area contributed by atoms with Gasteiger partial charge in [0.2, 0.25) is 0 Å². The molecule has 3 atom stereocenters. The molecule has 0 amide bonds. The van der Waals surface area contributed by atoms with E-state index in [0.717, 1.165) is 19.3 Å². The summed E-state index contributed by atoms with van der Waals surface area (Å²) < 4.78 is 5.08. The van der Waals surface area contributed by atoms with E-state index in [-0.39, 0.29) is 0 Å². The van der Waals surface area contributed by atoms with Crippen LogP contribution >= 0.6 is 43.7 Å². The van der Waals surface area contributed by atoms with Gasteiger partial charge in [0.15, 0.2) is 0 Å². The average Bonchev–Trinajstić information content (AvgIpc) is 2.47. The van der Waals surface area contributed by atoms with Gasteiger partial charge in [-0.3, -0.25) is 0 Å². The molecule has 0 saturated heterocycles. The number of alkyl halides is 3. The van der Waals surface area contributed by atoms with E-state index in [2.05, 4.69) is 29.6 Å². The summed E-state index contributed by atoms with van der Waals surface area (Å²) in [7, 11) is 7.29. The summed E-state index contributed by atoms with van der Waals surface area (Å²) in [5.41, 5.74) is 0. The Kier molecular flexibility index (Phi) is 17.1. The van der Waals surface area contributed by atoms with Crippen molar-refractivity contribution in [1.82, 2.24) is 0 Å². The summed E-state index contributed by atoms with van der Waals surface area (Å²) in [6, 6.07) is 0. The molecule has 3 unspecified atom stereocenters. The normalized spacial score (nSPS) is 19.2. The Bertz CT molecular complexity index is 270. The van der Waals surface area contributed by atoms with Gasteiger partial charge in [-0.2, -0.15) is 0 Å². The Labute approximate surface area is 189 Å². The van der Waals surface area contributed by atoms with Crippen LogP contribution in [-0.2, 0) is 0 Å². The zero-order chi connectivity index (χ0) is 18.2. The average molecular weight is 830 g/mol. The molecule has 0 bridgehead atoms. The fraction of sp³-hybridized carbons (Fsp3) is 1.00. The van der Waals surface area contributed by atoms with Crippen molar-refractivity contribution in [3.05, 3.63) is 0 Å². The van der Waals surface area contributed by atoms with Gasteiger partial charge in [0.1, 0.15) is 0 Å². The zero-order valence-corrected chi connectivity index (χ0v) is 29.9. The first-order valence-electron chi connectivity index (χ1n) is 8.50. The third kappa shape index (κ3) is 13.2. The van der Waals surface area contributed by atoms with Crippen LogP contribution in [0.15, 0.2) is 0 Å². The first-order chi connectivity index (χ1) is 10.5. The molecule has 137 valence electrons. The quantitative estimate of drug-likeness (QED) is 0.146. The zero-order valence-electron chi connectivity index (χ0n) is 15.5. The van der Waals surface area contributed by atoms with Crippen LogP contribution in [-0.4, -0.2) is 86.7 Å². The van der Waals surface area contributed by atoms with Crippen molar-refractivity contribution in [1.29, 1.82) is 0 Å². The number of halogens is 4. The van der Waals surface area contributed by atoms with Gasteiger partial charge in [-0.1, -0.05) is 0 Å². The summed E-state index contributed by atoms with van der Waals surface area (Å²) in [5, 5.41) is 0. The second-order valence-electron chi connectivity index (χ2n) is 7.40. The predicted octanol–water partition coefficient (Wildman–Crippen LogP) is 7.04. The van der Waals surface area contributed by atoms with Crippen LogP contribution in [0.3, 0.4) is 0 Å². The van der Waals surface area contributed by atoms with Crippen LogP contribution < -0.4 is 0 Å². The SMILES string of the molecule is [CH3][Sn]([CH3])[CH](Cl)C[CH2][Sn]([Cl])([CH2]C[CH](Cl)[Sn]([CH3])[CH3])[CH2]C[CH](Cl)[Sn]([CH3])[CH3]. The second-order valence-corrected chi connectivity index (χ2v) is 52.8. The molecule has 0 nitrogen and oxygen atoms in total. The summed E-state index contributed by atoms with van der Waals surface area (Å²) in [5.74, 6) is 0. The molecule has 0 heterocycles. The van der Waals surface area contributed by atoms with Crippen LogP contribution in [0.5, 0.6) is 0 Å². The molecule has 0 aliphatic carbocycles. The van der Waals surface area contributed by atoms with Gasteiger partial charge >= 0.3 is 193 Å². The third-order valence-corrected chi connectivity index (χ3v) is 41.0. The molecular weight excluding hydrogens is 797 g/mol. The van der Waals surface area contributed by atoms with Crippen LogP contribution in [0.25, 0.3) is 0 Å². The number of rotatable bonds is 12. The Morgan fingerprint density at radius 1 is 0.609 bits per heavy atom. The van der Waals surface area contributed by atoms with Crippen molar-refractivity contribution in [3.63, 3.8) is 0 Å². The van der Waals surface area contributed by atoms with Crippen molar-refractivity contribution >= 4 is 120 Å². The Balaban J connectivity index is 4.68. The van der Waals surface area contributed by atoms with Crippen LogP contribution in [0.2, 0.25) is 42.9 Å². The molecule has 0 spiro atoms. The van der Waals surface area contributed by atoms with E-state index in [0.29, 0.717) is 10.2 Å². The standard InChI is InChI=1S/3C3H5Cl.6CH3.ClH.4Sn/c3*1-2-3-4;;;;;;;;;;;/h3*3H,1-2H2;6*1H3;1H;;;;/q;;;;;;;;;;;;;+1/p-1.